The van der Waals surface area contributed by atoms with E-state index in [1.54, 1.807) is 18.5 Å². The van der Waals surface area contributed by atoms with Crippen LogP contribution >= 0.6 is 0 Å². The quantitative estimate of drug-likeness (QED) is 0.807. The molecule has 2 heterocycles. The summed E-state index contributed by atoms with van der Waals surface area (Å²) >= 11 is 0. The molecule has 0 radical (unpaired) electrons. The van der Waals surface area contributed by atoms with Crippen molar-refractivity contribution in [2.45, 2.75) is 32.1 Å². The van der Waals surface area contributed by atoms with Crippen molar-refractivity contribution >= 4 is 11.6 Å². The summed E-state index contributed by atoms with van der Waals surface area (Å²) in [5.74, 6) is 0.0255. The van der Waals surface area contributed by atoms with Gasteiger partial charge in [0, 0.05) is 31.2 Å². The zero-order chi connectivity index (χ0) is 12.1. The first kappa shape index (κ1) is 11.9. The van der Waals surface area contributed by atoms with Gasteiger partial charge >= 0.3 is 0 Å². The molecule has 1 aromatic rings. The highest BCUT2D eigenvalue weighted by Gasteiger charge is 2.18. The number of anilines is 1. The molecular weight excluding hydrogens is 214 g/mol. The van der Waals surface area contributed by atoms with Gasteiger partial charge in [-0.3, -0.25) is 9.78 Å². The summed E-state index contributed by atoms with van der Waals surface area (Å²) in [5, 5.41) is 0. The van der Waals surface area contributed by atoms with Crippen molar-refractivity contribution < 1.29 is 4.79 Å². The van der Waals surface area contributed by atoms with Gasteiger partial charge in [-0.05, 0) is 18.9 Å². The van der Waals surface area contributed by atoms with Crippen LogP contribution < -0.4 is 5.73 Å². The molecule has 0 aromatic carbocycles. The van der Waals surface area contributed by atoms with Crippen molar-refractivity contribution in [1.82, 2.24) is 9.88 Å². The number of pyridine rings is 1. The fourth-order valence-corrected chi connectivity index (χ4v) is 2.20. The Morgan fingerprint density at radius 3 is 2.47 bits per heavy atom. The molecule has 1 fully saturated rings. The van der Waals surface area contributed by atoms with Crippen molar-refractivity contribution in [3.8, 4) is 0 Å². The van der Waals surface area contributed by atoms with Gasteiger partial charge in [0.05, 0.1) is 5.56 Å². The summed E-state index contributed by atoms with van der Waals surface area (Å²) in [7, 11) is 0. The Labute approximate surface area is 102 Å². The lowest BCUT2D eigenvalue weighted by Gasteiger charge is -2.25. The normalized spacial score (nSPS) is 17.3. The third-order valence-corrected chi connectivity index (χ3v) is 3.23. The molecule has 4 nitrogen and oxygen atoms in total. The maximum Gasteiger partial charge on any atom is 0.257 e. The molecule has 0 saturated carbocycles. The molecule has 17 heavy (non-hydrogen) atoms. The van der Waals surface area contributed by atoms with E-state index in [0.717, 1.165) is 25.9 Å². The van der Waals surface area contributed by atoms with Gasteiger partial charge in [0.1, 0.15) is 0 Å². The molecule has 92 valence electrons. The number of hydrogen-bond donors (Lipinski definition) is 1. The van der Waals surface area contributed by atoms with E-state index < -0.39 is 0 Å². The molecule has 2 N–H and O–H groups in total. The smallest absolute Gasteiger partial charge is 0.257 e. The molecule has 1 aliphatic heterocycles. The Kier molecular flexibility index (Phi) is 3.96. The second-order valence-electron chi connectivity index (χ2n) is 4.52. The topological polar surface area (TPSA) is 59.2 Å². The number of nitrogen functional groups attached to an aromatic ring is 1. The number of amides is 1. The molecule has 0 aliphatic carbocycles. The second kappa shape index (κ2) is 5.66. The first-order valence-corrected chi connectivity index (χ1v) is 6.28. The van der Waals surface area contributed by atoms with Crippen molar-refractivity contribution in [3.05, 3.63) is 24.0 Å². The van der Waals surface area contributed by atoms with E-state index in [1.807, 2.05) is 4.90 Å². The molecule has 1 aliphatic rings. The van der Waals surface area contributed by atoms with E-state index >= 15 is 0 Å². The SMILES string of the molecule is Nc1ccncc1C(=O)N1CCCCCCC1. The number of carbonyl (C=O) groups excluding carboxylic acids is 1. The van der Waals surface area contributed by atoms with Gasteiger partial charge in [0.25, 0.3) is 5.91 Å². The van der Waals surface area contributed by atoms with Gasteiger partial charge in [-0.2, -0.15) is 0 Å². The molecule has 4 heteroatoms. The Bertz CT molecular complexity index is 384. The maximum absolute atomic E-state index is 12.3. The van der Waals surface area contributed by atoms with E-state index in [9.17, 15) is 4.79 Å². The van der Waals surface area contributed by atoms with Crippen LogP contribution in [0.3, 0.4) is 0 Å². The second-order valence-corrected chi connectivity index (χ2v) is 4.52. The van der Waals surface area contributed by atoms with Gasteiger partial charge in [-0.25, -0.2) is 0 Å². The molecule has 1 saturated heterocycles. The van der Waals surface area contributed by atoms with Crippen molar-refractivity contribution in [2.75, 3.05) is 18.8 Å². The van der Waals surface area contributed by atoms with Crippen molar-refractivity contribution in [2.24, 2.45) is 0 Å². The highest BCUT2D eigenvalue weighted by molar-refractivity contribution is 5.98. The molecule has 2 rings (SSSR count). The third-order valence-electron chi connectivity index (χ3n) is 3.23. The summed E-state index contributed by atoms with van der Waals surface area (Å²) in [6, 6.07) is 1.68. The summed E-state index contributed by atoms with van der Waals surface area (Å²) in [6.07, 6.45) is 9.07. The Morgan fingerprint density at radius 2 is 1.82 bits per heavy atom. The molecular formula is C13H19N3O. The zero-order valence-corrected chi connectivity index (χ0v) is 10.1. The van der Waals surface area contributed by atoms with Crippen LogP contribution in [0.25, 0.3) is 0 Å². The highest BCUT2D eigenvalue weighted by atomic mass is 16.2. The van der Waals surface area contributed by atoms with Gasteiger partial charge in [-0.15, -0.1) is 0 Å². The number of nitrogens with two attached hydrogens (primary N) is 1. The molecule has 1 amide bonds. The molecule has 0 unspecified atom stereocenters. The summed E-state index contributed by atoms with van der Waals surface area (Å²) in [4.78, 5) is 18.2. The van der Waals surface area contributed by atoms with Crippen molar-refractivity contribution in [3.63, 3.8) is 0 Å². The van der Waals surface area contributed by atoms with E-state index in [1.165, 1.54) is 19.3 Å². The van der Waals surface area contributed by atoms with E-state index in [-0.39, 0.29) is 5.91 Å². The van der Waals surface area contributed by atoms with Crippen LogP contribution in [0.4, 0.5) is 5.69 Å². The monoisotopic (exact) mass is 233 g/mol. The number of likely N-dealkylation sites (tertiary alicyclic amines) is 1. The molecule has 0 bridgehead atoms. The third kappa shape index (κ3) is 2.96. The minimum atomic E-state index is 0.0255. The highest BCUT2D eigenvalue weighted by Crippen LogP contribution is 2.16. The molecule has 0 spiro atoms. The van der Waals surface area contributed by atoms with E-state index in [2.05, 4.69) is 4.98 Å². The predicted octanol–water partition coefficient (Wildman–Crippen LogP) is 2.07. The minimum Gasteiger partial charge on any atom is -0.398 e. The van der Waals surface area contributed by atoms with Gasteiger partial charge in [-0.1, -0.05) is 19.3 Å². The fourth-order valence-electron chi connectivity index (χ4n) is 2.20. The summed E-state index contributed by atoms with van der Waals surface area (Å²) in [6.45, 7) is 1.68. The predicted molar refractivity (Wildman–Crippen MR) is 67.6 cm³/mol. The minimum absolute atomic E-state index is 0.0255. The molecule has 1 aromatic heterocycles. The maximum atomic E-state index is 12.3. The van der Waals surface area contributed by atoms with Crippen LogP contribution in [-0.4, -0.2) is 28.9 Å². The average molecular weight is 233 g/mol. The van der Waals surface area contributed by atoms with Gasteiger partial charge in [0.15, 0.2) is 0 Å². The van der Waals surface area contributed by atoms with Crippen LogP contribution in [0.5, 0.6) is 0 Å². The fraction of sp³-hybridized carbons (Fsp3) is 0.538. The summed E-state index contributed by atoms with van der Waals surface area (Å²) < 4.78 is 0. The number of rotatable bonds is 1. The Hall–Kier alpha value is -1.58. The lowest BCUT2D eigenvalue weighted by molar-refractivity contribution is 0.0743. The number of carbonyl (C=O) groups is 1. The van der Waals surface area contributed by atoms with Crippen molar-refractivity contribution in [1.29, 1.82) is 0 Å². The lowest BCUT2D eigenvalue weighted by atomic mass is 10.1. The van der Waals surface area contributed by atoms with Gasteiger partial charge < -0.3 is 10.6 Å². The largest absolute Gasteiger partial charge is 0.398 e. The summed E-state index contributed by atoms with van der Waals surface area (Å²) in [5.41, 5.74) is 6.87. The number of hydrogen-bond acceptors (Lipinski definition) is 3. The van der Waals surface area contributed by atoms with Crippen LogP contribution in [0, 0.1) is 0 Å². The number of nitrogens with zero attached hydrogens (tertiary/aromatic N) is 2. The lowest BCUT2D eigenvalue weighted by Crippen LogP contribution is -2.34. The van der Waals surface area contributed by atoms with Crippen LogP contribution in [0.2, 0.25) is 0 Å². The van der Waals surface area contributed by atoms with Crippen LogP contribution in [-0.2, 0) is 0 Å². The van der Waals surface area contributed by atoms with Crippen LogP contribution in [0.1, 0.15) is 42.5 Å². The van der Waals surface area contributed by atoms with E-state index in [0.29, 0.717) is 11.3 Å². The number of aromatic nitrogens is 1. The van der Waals surface area contributed by atoms with Crippen LogP contribution in [0.15, 0.2) is 18.5 Å². The Morgan fingerprint density at radius 1 is 1.18 bits per heavy atom. The molecule has 0 atom stereocenters. The first-order chi connectivity index (χ1) is 8.29. The zero-order valence-electron chi connectivity index (χ0n) is 10.1. The standard InChI is InChI=1S/C13H19N3O/c14-12-6-7-15-10-11(12)13(17)16-8-4-2-1-3-5-9-16/h6-7,10H,1-5,8-9H2,(H2,14,15). The van der Waals surface area contributed by atoms with Gasteiger partial charge in [0.2, 0.25) is 0 Å². The first-order valence-electron chi connectivity index (χ1n) is 6.28. The Balaban J connectivity index is 2.10. The van der Waals surface area contributed by atoms with E-state index in [4.69, 9.17) is 5.73 Å². The average Bonchev–Trinajstić information content (AvgIpc) is 2.28.